The Hall–Kier alpha value is -4.41. The van der Waals surface area contributed by atoms with Gasteiger partial charge in [-0.15, -0.1) is 0 Å². The van der Waals surface area contributed by atoms with Gasteiger partial charge >= 0.3 is 12.2 Å². The third kappa shape index (κ3) is 8.73. The number of ether oxygens (including phenoxy) is 5. The van der Waals surface area contributed by atoms with Gasteiger partial charge in [0, 0.05) is 48.5 Å². The molecular formula is C35H27F11O5. The molecule has 0 saturated carbocycles. The van der Waals surface area contributed by atoms with Crippen LogP contribution in [0.4, 0.5) is 48.3 Å². The summed E-state index contributed by atoms with van der Waals surface area (Å²) in [6.45, 7) is 3.37. The Kier molecular flexibility index (Phi) is 11.5. The first-order chi connectivity index (χ1) is 24.1. The summed E-state index contributed by atoms with van der Waals surface area (Å²) in [5.74, 6) is -14.2. The molecule has 1 fully saturated rings. The predicted octanol–water partition coefficient (Wildman–Crippen LogP) is 10.1. The molecule has 0 aliphatic carbocycles. The van der Waals surface area contributed by atoms with Gasteiger partial charge in [-0.3, -0.25) is 0 Å². The Morgan fingerprint density at radius 2 is 1.25 bits per heavy atom. The summed E-state index contributed by atoms with van der Waals surface area (Å²) in [4.78, 5) is 0. The highest BCUT2D eigenvalue weighted by Crippen LogP contribution is 2.40. The lowest BCUT2D eigenvalue weighted by Gasteiger charge is -2.30. The zero-order chi connectivity index (χ0) is 37.1. The van der Waals surface area contributed by atoms with Crippen molar-refractivity contribution in [1.82, 2.24) is 0 Å². The van der Waals surface area contributed by atoms with E-state index in [9.17, 15) is 35.1 Å². The van der Waals surface area contributed by atoms with Crippen molar-refractivity contribution in [2.24, 2.45) is 5.92 Å². The third-order valence-corrected chi connectivity index (χ3v) is 7.60. The second-order valence-corrected chi connectivity index (χ2v) is 11.4. The lowest BCUT2D eigenvalue weighted by atomic mass is 10.0. The summed E-state index contributed by atoms with van der Waals surface area (Å²) in [5, 5.41) is 0. The standard InChI is InChI=1S/C35H27F11O5/c1-2-8-47-9-7-18-16-48-33(49-17-18)20-11-27(38)31(28(39)12-20)35(45,46)50-21-4-5-23(25(36)13-21)19-3-6-24(26(37)10-19)34(43,44)51-22-14-29(40)32(42)30(41)15-22/h3-6,10-15,18,33H,2,7-9,16-17H2,1H3. The quantitative estimate of drug-likeness (QED) is 0.0777. The molecule has 0 unspecified atom stereocenters. The van der Waals surface area contributed by atoms with Crippen LogP contribution in [0.15, 0.2) is 60.7 Å². The van der Waals surface area contributed by atoms with Gasteiger partial charge in [0.1, 0.15) is 40.3 Å². The zero-order valence-corrected chi connectivity index (χ0v) is 26.4. The molecule has 16 heteroatoms. The van der Waals surface area contributed by atoms with Gasteiger partial charge in [0.15, 0.2) is 23.7 Å². The van der Waals surface area contributed by atoms with Crippen LogP contribution in [0.3, 0.4) is 0 Å². The fraction of sp³-hybridized carbons (Fsp3) is 0.314. The molecule has 0 atom stereocenters. The monoisotopic (exact) mass is 736 g/mol. The summed E-state index contributed by atoms with van der Waals surface area (Å²) in [7, 11) is 0. The topological polar surface area (TPSA) is 46.2 Å². The first kappa shape index (κ1) is 37.8. The number of hydrogen-bond donors (Lipinski definition) is 0. The molecule has 0 spiro atoms. The highest BCUT2D eigenvalue weighted by Gasteiger charge is 2.42. The van der Waals surface area contributed by atoms with E-state index in [1.54, 1.807) is 0 Å². The van der Waals surface area contributed by atoms with Crippen LogP contribution in [0.5, 0.6) is 11.5 Å². The summed E-state index contributed by atoms with van der Waals surface area (Å²) in [6.07, 6.45) is -8.98. The van der Waals surface area contributed by atoms with Crippen molar-refractivity contribution in [2.75, 3.05) is 26.4 Å². The summed E-state index contributed by atoms with van der Waals surface area (Å²) < 4.78 is 184. The van der Waals surface area contributed by atoms with Crippen molar-refractivity contribution in [3.05, 3.63) is 118 Å². The van der Waals surface area contributed by atoms with Crippen molar-refractivity contribution >= 4 is 0 Å². The maximum absolute atomic E-state index is 15.1. The fourth-order valence-corrected chi connectivity index (χ4v) is 5.11. The van der Waals surface area contributed by atoms with Crippen LogP contribution in [0.2, 0.25) is 0 Å². The Bertz CT molecular complexity index is 1820. The van der Waals surface area contributed by atoms with Gasteiger partial charge in [0.05, 0.1) is 18.8 Å². The first-order valence-electron chi connectivity index (χ1n) is 15.3. The summed E-state index contributed by atoms with van der Waals surface area (Å²) in [6, 6.07) is 5.05. The number of halogens is 11. The molecule has 1 heterocycles. The Morgan fingerprint density at radius 1 is 0.647 bits per heavy atom. The average molecular weight is 737 g/mol. The van der Waals surface area contributed by atoms with Crippen molar-refractivity contribution in [3.63, 3.8) is 0 Å². The summed E-state index contributed by atoms with van der Waals surface area (Å²) in [5.41, 5.74) is -4.32. The number of hydrogen-bond acceptors (Lipinski definition) is 5. The normalized spacial score (nSPS) is 16.7. The summed E-state index contributed by atoms with van der Waals surface area (Å²) >= 11 is 0. The van der Waals surface area contributed by atoms with Gasteiger partial charge in [-0.05, 0) is 54.8 Å². The first-order valence-corrected chi connectivity index (χ1v) is 15.3. The fourth-order valence-electron chi connectivity index (χ4n) is 5.11. The molecule has 0 bridgehead atoms. The molecule has 0 amide bonds. The van der Waals surface area contributed by atoms with Crippen LogP contribution in [0, 0.1) is 46.6 Å². The molecule has 4 aromatic carbocycles. The Morgan fingerprint density at radius 3 is 1.84 bits per heavy atom. The maximum atomic E-state index is 15.1. The average Bonchev–Trinajstić information content (AvgIpc) is 3.05. The lowest BCUT2D eigenvalue weighted by molar-refractivity contribution is -0.208. The highest BCUT2D eigenvalue weighted by atomic mass is 19.3. The molecular weight excluding hydrogens is 709 g/mol. The van der Waals surface area contributed by atoms with E-state index < -0.39 is 87.4 Å². The Labute approximate surface area is 283 Å². The second kappa shape index (κ2) is 15.5. The SMILES string of the molecule is CCCOCCC1COC(c2cc(F)c(C(F)(F)Oc3ccc(-c4ccc(C(F)(F)Oc5cc(F)c(F)c(F)c5)c(F)c4)c(F)c3)c(F)c2)OC1. The molecule has 5 nitrogen and oxygen atoms in total. The van der Waals surface area contributed by atoms with E-state index in [0.717, 1.165) is 24.6 Å². The number of rotatable bonds is 13. The minimum Gasteiger partial charge on any atom is -0.429 e. The highest BCUT2D eigenvalue weighted by molar-refractivity contribution is 5.65. The van der Waals surface area contributed by atoms with E-state index in [0.29, 0.717) is 50.0 Å². The van der Waals surface area contributed by atoms with Crippen LogP contribution in [0.1, 0.15) is 42.7 Å². The van der Waals surface area contributed by atoms with Crippen molar-refractivity contribution in [3.8, 4) is 22.6 Å². The van der Waals surface area contributed by atoms with E-state index in [-0.39, 0.29) is 42.4 Å². The molecule has 1 saturated heterocycles. The lowest BCUT2D eigenvalue weighted by Crippen LogP contribution is -2.29. The van der Waals surface area contributed by atoms with Gasteiger partial charge in [-0.2, -0.15) is 17.6 Å². The van der Waals surface area contributed by atoms with Gasteiger partial charge < -0.3 is 23.7 Å². The third-order valence-electron chi connectivity index (χ3n) is 7.60. The molecule has 0 N–H and O–H groups in total. The van der Waals surface area contributed by atoms with Crippen LogP contribution in [-0.2, 0) is 26.4 Å². The predicted molar refractivity (Wildman–Crippen MR) is 157 cm³/mol. The Balaban J connectivity index is 1.27. The minimum atomic E-state index is -4.67. The van der Waals surface area contributed by atoms with Crippen molar-refractivity contribution in [2.45, 2.75) is 38.3 Å². The molecule has 1 aliphatic heterocycles. The zero-order valence-electron chi connectivity index (χ0n) is 26.4. The van der Waals surface area contributed by atoms with Gasteiger partial charge in [-0.25, -0.2) is 30.7 Å². The molecule has 274 valence electrons. The largest absolute Gasteiger partial charge is 0.432 e. The van der Waals surface area contributed by atoms with Crippen LogP contribution in [-0.4, -0.2) is 26.4 Å². The van der Waals surface area contributed by atoms with Crippen LogP contribution < -0.4 is 9.47 Å². The van der Waals surface area contributed by atoms with E-state index in [2.05, 4.69) is 9.47 Å². The van der Waals surface area contributed by atoms with Gasteiger partial charge in [-0.1, -0.05) is 13.0 Å². The smallest absolute Gasteiger partial charge is 0.429 e. The van der Waals surface area contributed by atoms with Crippen molar-refractivity contribution < 1.29 is 72.0 Å². The second-order valence-electron chi connectivity index (χ2n) is 11.4. The van der Waals surface area contributed by atoms with Crippen LogP contribution in [0.25, 0.3) is 11.1 Å². The number of alkyl halides is 4. The minimum absolute atomic E-state index is 0.0466. The van der Waals surface area contributed by atoms with Gasteiger partial charge in [0.2, 0.25) is 0 Å². The van der Waals surface area contributed by atoms with Crippen molar-refractivity contribution in [1.29, 1.82) is 0 Å². The van der Waals surface area contributed by atoms with E-state index in [4.69, 9.17) is 14.2 Å². The maximum Gasteiger partial charge on any atom is 0.432 e. The van der Waals surface area contributed by atoms with Crippen LogP contribution >= 0.6 is 0 Å². The van der Waals surface area contributed by atoms with Gasteiger partial charge in [0.25, 0.3) is 0 Å². The van der Waals surface area contributed by atoms with E-state index in [1.807, 2.05) is 6.92 Å². The molecule has 0 radical (unpaired) electrons. The molecule has 1 aliphatic rings. The molecule has 51 heavy (non-hydrogen) atoms. The molecule has 4 aromatic rings. The number of benzene rings is 4. The van der Waals surface area contributed by atoms with E-state index in [1.165, 1.54) is 0 Å². The van der Waals surface area contributed by atoms with E-state index >= 15 is 13.2 Å². The molecule has 0 aromatic heterocycles. The molecule has 5 rings (SSSR count).